The van der Waals surface area contributed by atoms with Crippen molar-refractivity contribution in [3.63, 3.8) is 0 Å². The zero-order valence-electron chi connectivity index (χ0n) is 22.0. The Morgan fingerprint density at radius 3 is 1.89 bits per heavy atom. The smallest absolute Gasteiger partial charge is 0.335 e. The lowest BCUT2D eigenvalue weighted by molar-refractivity contribution is 0.0697. The Kier molecular flexibility index (Phi) is 15.5. The molecule has 0 radical (unpaired) electrons. The van der Waals surface area contributed by atoms with Crippen LogP contribution in [0.3, 0.4) is 0 Å². The molecule has 0 saturated heterocycles. The third kappa shape index (κ3) is 14.2. The minimum absolute atomic E-state index is 0.288. The summed E-state index contributed by atoms with van der Waals surface area (Å²) in [6.45, 7) is 2.37. The molecule has 0 spiro atoms. The van der Waals surface area contributed by atoms with Crippen molar-refractivity contribution < 1.29 is 9.90 Å². The number of halogens is 1. The number of aromatic carboxylic acids is 1. The number of carbonyl (C=O) groups is 1. The number of carboxylic acids is 1. The van der Waals surface area contributed by atoms with Gasteiger partial charge in [0.25, 0.3) is 0 Å². The molecule has 0 saturated carbocycles. The quantitative estimate of drug-likeness (QED) is 0.119. The minimum Gasteiger partial charge on any atom is -0.478 e. The number of hydrogen-bond acceptors (Lipinski definition) is 2. The van der Waals surface area contributed by atoms with E-state index in [1.165, 1.54) is 82.6 Å². The molecule has 36 heavy (non-hydrogen) atoms. The summed E-state index contributed by atoms with van der Waals surface area (Å²) in [5.41, 5.74) is 2.51. The predicted octanol–water partition coefficient (Wildman–Crippen LogP) is 9.75. The molecule has 1 unspecified atom stereocenters. The van der Waals surface area contributed by atoms with Gasteiger partial charge in [-0.15, -0.1) is 0 Å². The van der Waals surface area contributed by atoms with Crippen molar-refractivity contribution >= 4 is 23.3 Å². The van der Waals surface area contributed by atoms with Crippen LogP contribution in [0.4, 0.5) is 5.69 Å². The second-order valence-corrected chi connectivity index (χ2v) is 10.5. The molecular weight excluding hydrogens is 466 g/mol. The third-order valence-corrected chi connectivity index (χ3v) is 6.93. The van der Waals surface area contributed by atoms with Crippen LogP contribution in [0.1, 0.15) is 113 Å². The van der Waals surface area contributed by atoms with Gasteiger partial charge in [-0.05, 0) is 60.7 Å². The van der Waals surface area contributed by atoms with Gasteiger partial charge >= 0.3 is 5.97 Å². The molecule has 1 atom stereocenters. The van der Waals surface area contributed by atoms with Crippen LogP contribution in [0, 0.1) is 17.9 Å². The van der Waals surface area contributed by atoms with Gasteiger partial charge in [-0.25, -0.2) is 4.79 Å². The van der Waals surface area contributed by atoms with E-state index in [0.717, 1.165) is 35.9 Å². The van der Waals surface area contributed by atoms with Crippen LogP contribution in [0.15, 0.2) is 48.5 Å². The van der Waals surface area contributed by atoms with E-state index >= 15 is 0 Å². The Bertz CT molecular complexity index is 912. The van der Waals surface area contributed by atoms with Gasteiger partial charge in [-0.1, -0.05) is 114 Å². The Balaban J connectivity index is 1.32. The van der Waals surface area contributed by atoms with E-state index < -0.39 is 5.97 Å². The first kappa shape index (κ1) is 29.8. The number of benzene rings is 2. The van der Waals surface area contributed by atoms with Gasteiger partial charge in [0.1, 0.15) is 0 Å². The molecule has 4 heteroatoms. The Labute approximate surface area is 224 Å². The molecule has 0 aliphatic heterocycles. The summed E-state index contributed by atoms with van der Waals surface area (Å²) in [6.07, 6.45) is 19.5. The van der Waals surface area contributed by atoms with Gasteiger partial charge in [0.15, 0.2) is 0 Å². The van der Waals surface area contributed by atoms with Crippen molar-refractivity contribution in [1.29, 1.82) is 0 Å². The number of unbranched alkanes of at least 4 members (excludes halogenated alkanes) is 12. The molecule has 0 heterocycles. The summed E-state index contributed by atoms with van der Waals surface area (Å²) in [7, 11) is 0. The van der Waals surface area contributed by atoms with E-state index in [4.69, 9.17) is 16.7 Å². The Hall–Kier alpha value is -2.44. The van der Waals surface area contributed by atoms with Crippen LogP contribution in [-0.2, 0) is 6.42 Å². The maximum absolute atomic E-state index is 10.8. The lowest BCUT2D eigenvalue weighted by Gasteiger charge is -2.11. The summed E-state index contributed by atoms with van der Waals surface area (Å²) in [4.78, 5) is 10.8. The highest BCUT2D eigenvalue weighted by Gasteiger charge is 2.04. The maximum Gasteiger partial charge on any atom is 0.335 e. The predicted molar refractivity (Wildman–Crippen MR) is 154 cm³/mol. The number of nitrogens with one attached hydrogen (secondary N) is 1. The van der Waals surface area contributed by atoms with Crippen LogP contribution in [0.25, 0.3) is 0 Å². The minimum atomic E-state index is -0.911. The van der Waals surface area contributed by atoms with Gasteiger partial charge in [0.2, 0.25) is 0 Å². The first-order chi connectivity index (χ1) is 17.5. The number of hydrogen-bond donors (Lipinski definition) is 2. The highest BCUT2D eigenvalue weighted by molar-refractivity contribution is 6.30. The van der Waals surface area contributed by atoms with E-state index in [2.05, 4.69) is 36.3 Å². The molecule has 0 fully saturated rings. The lowest BCUT2D eigenvalue weighted by atomic mass is 9.95. The summed E-state index contributed by atoms with van der Waals surface area (Å²) in [5.74, 6) is 2.99. The van der Waals surface area contributed by atoms with Crippen molar-refractivity contribution in [3.05, 3.63) is 64.7 Å². The van der Waals surface area contributed by atoms with E-state index in [9.17, 15) is 4.79 Å². The topological polar surface area (TPSA) is 49.3 Å². The second-order valence-electron chi connectivity index (χ2n) is 10.0. The van der Waals surface area contributed by atoms with Crippen LogP contribution < -0.4 is 5.32 Å². The van der Waals surface area contributed by atoms with Crippen molar-refractivity contribution in [2.45, 2.75) is 103 Å². The summed E-state index contributed by atoms with van der Waals surface area (Å²) >= 11 is 5.97. The van der Waals surface area contributed by atoms with Gasteiger partial charge in [-0.3, -0.25) is 0 Å². The number of rotatable bonds is 18. The fraction of sp³-hybridized carbons (Fsp3) is 0.531. The van der Waals surface area contributed by atoms with Crippen molar-refractivity contribution in [2.24, 2.45) is 5.92 Å². The maximum atomic E-state index is 10.8. The first-order valence-electron chi connectivity index (χ1n) is 13.9. The molecule has 2 aromatic rings. The highest BCUT2D eigenvalue weighted by Crippen LogP contribution is 2.19. The Morgan fingerprint density at radius 2 is 1.33 bits per heavy atom. The SMILES string of the molecule is CC(CCCCCCCCCCCCCCC#CNc1ccc(C(=O)O)cc1)Cc1ccc(Cl)cc1. The van der Waals surface area contributed by atoms with E-state index in [1.807, 2.05) is 12.1 Å². The Morgan fingerprint density at radius 1 is 0.806 bits per heavy atom. The summed E-state index contributed by atoms with van der Waals surface area (Å²) in [5, 5.41) is 12.7. The average Bonchev–Trinajstić information content (AvgIpc) is 2.87. The molecule has 2 aromatic carbocycles. The molecule has 0 amide bonds. The van der Waals surface area contributed by atoms with Crippen molar-refractivity contribution in [1.82, 2.24) is 0 Å². The van der Waals surface area contributed by atoms with Crippen LogP contribution in [-0.4, -0.2) is 11.1 Å². The molecular formula is C32H44ClNO2. The fourth-order valence-corrected chi connectivity index (χ4v) is 4.60. The standard InChI is InChI=1S/C32H44ClNO2/c1-27(26-28-17-21-30(33)22-18-28)16-14-12-10-8-6-4-2-3-5-7-9-11-13-15-25-34-31-23-19-29(20-24-31)32(35)36/h17-24,27,34H,2-14,16,26H2,1H3,(H,35,36). The highest BCUT2D eigenvalue weighted by atomic mass is 35.5. The zero-order valence-corrected chi connectivity index (χ0v) is 22.8. The van der Waals surface area contributed by atoms with Crippen LogP contribution >= 0.6 is 11.6 Å². The molecule has 0 aromatic heterocycles. The second kappa shape index (κ2) is 18.8. The van der Waals surface area contributed by atoms with Crippen molar-refractivity contribution in [2.75, 3.05) is 5.32 Å². The molecule has 0 aliphatic carbocycles. The van der Waals surface area contributed by atoms with Gasteiger partial charge in [-0.2, -0.15) is 0 Å². The monoisotopic (exact) mass is 509 g/mol. The summed E-state index contributed by atoms with van der Waals surface area (Å²) in [6, 6.07) is 17.9. The van der Waals surface area contributed by atoms with Crippen LogP contribution in [0.5, 0.6) is 0 Å². The molecule has 3 nitrogen and oxygen atoms in total. The van der Waals surface area contributed by atoms with Gasteiger partial charge < -0.3 is 10.4 Å². The lowest BCUT2D eigenvalue weighted by Crippen LogP contribution is -1.99. The largest absolute Gasteiger partial charge is 0.478 e. The molecule has 2 rings (SSSR count). The normalized spacial score (nSPS) is 11.5. The van der Waals surface area contributed by atoms with Crippen molar-refractivity contribution in [3.8, 4) is 12.0 Å². The number of anilines is 1. The zero-order chi connectivity index (χ0) is 25.8. The van der Waals surface area contributed by atoms with E-state index in [0.29, 0.717) is 0 Å². The molecule has 196 valence electrons. The van der Waals surface area contributed by atoms with Gasteiger partial charge in [0, 0.05) is 23.2 Å². The third-order valence-electron chi connectivity index (χ3n) is 6.67. The van der Waals surface area contributed by atoms with E-state index in [-0.39, 0.29) is 5.56 Å². The van der Waals surface area contributed by atoms with Gasteiger partial charge in [0.05, 0.1) is 5.56 Å². The fourth-order valence-electron chi connectivity index (χ4n) is 4.47. The van der Waals surface area contributed by atoms with Crippen LogP contribution in [0.2, 0.25) is 5.02 Å². The average molecular weight is 510 g/mol. The molecule has 2 N–H and O–H groups in total. The first-order valence-corrected chi connectivity index (χ1v) is 14.2. The molecule has 0 aliphatic rings. The molecule has 0 bridgehead atoms. The number of carboxylic acid groups (broad SMARTS) is 1. The summed E-state index contributed by atoms with van der Waals surface area (Å²) < 4.78 is 0. The van der Waals surface area contributed by atoms with E-state index in [1.54, 1.807) is 24.3 Å².